The van der Waals surface area contributed by atoms with E-state index in [1.807, 2.05) is 20.8 Å². The molecule has 3 rings (SSSR count). The third kappa shape index (κ3) is 4.63. The predicted octanol–water partition coefficient (Wildman–Crippen LogP) is 4.23. The van der Waals surface area contributed by atoms with Gasteiger partial charge in [0.25, 0.3) is 0 Å². The molecule has 2 aromatic rings. The third-order valence-corrected chi connectivity index (χ3v) is 4.53. The van der Waals surface area contributed by atoms with Crippen LogP contribution in [0.4, 0.5) is 11.4 Å². The van der Waals surface area contributed by atoms with E-state index >= 15 is 0 Å². The predicted molar refractivity (Wildman–Crippen MR) is 109 cm³/mol. The van der Waals surface area contributed by atoms with Crippen LogP contribution in [0.3, 0.4) is 0 Å². The maximum atomic E-state index is 12.7. The van der Waals surface area contributed by atoms with Gasteiger partial charge in [-0.2, -0.15) is 0 Å². The van der Waals surface area contributed by atoms with Crippen LogP contribution in [0.5, 0.6) is 11.5 Å². The van der Waals surface area contributed by atoms with Crippen LogP contribution in [-0.2, 0) is 9.59 Å². The molecule has 28 heavy (non-hydrogen) atoms. The van der Waals surface area contributed by atoms with E-state index in [-0.39, 0.29) is 17.9 Å². The number of benzene rings is 2. The van der Waals surface area contributed by atoms with Crippen LogP contribution in [-0.4, -0.2) is 24.5 Å². The number of hydrogen-bond donors (Lipinski definition) is 2. The lowest BCUT2D eigenvalue weighted by Crippen LogP contribution is -2.35. The summed E-state index contributed by atoms with van der Waals surface area (Å²) >= 11 is 0. The summed E-state index contributed by atoms with van der Waals surface area (Å²) in [5, 5.41) is 5.68. The van der Waals surface area contributed by atoms with E-state index in [2.05, 4.69) is 10.6 Å². The summed E-state index contributed by atoms with van der Waals surface area (Å²) in [5.74, 6) is 0.911. The maximum Gasteiger partial charge on any atom is 0.240 e. The molecule has 1 aliphatic rings. The second-order valence-electron chi connectivity index (χ2n) is 7.14. The van der Waals surface area contributed by atoms with E-state index in [4.69, 9.17) is 9.47 Å². The first kappa shape index (κ1) is 19.7. The van der Waals surface area contributed by atoms with Crippen molar-refractivity contribution in [2.75, 3.05) is 17.2 Å². The fraction of sp³-hybridized carbons (Fsp3) is 0.364. The summed E-state index contributed by atoms with van der Waals surface area (Å²) in [6, 6.07) is 14.3. The zero-order valence-corrected chi connectivity index (χ0v) is 16.5. The molecule has 0 spiro atoms. The topological polar surface area (TPSA) is 76.7 Å². The number of amides is 2. The van der Waals surface area contributed by atoms with Crippen LogP contribution in [0.15, 0.2) is 48.5 Å². The van der Waals surface area contributed by atoms with Gasteiger partial charge in [0.2, 0.25) is 11.8 Å². The van der Waals surface area contributed by atoms with E-state index in [0.29, 0.717) is 30.8 Å². The molecule has 6 nitrogen and oxygen atoms in total. The highest BCUT2D eigenvalue weighted by atomic mass is 16.5. The van der Waals surface area contributed by atoms with Gasteiger partial charge in [-0.1, -0.05) is 0 Å². The summed E-state index contributed by atoms with van der Waals surface area (Å²) in [4.78, 5) is 25.4. The van der Waals surface area contributed by atoms with Crippen molar-refractivity contribution in [1.82, 2.24) is 0 Å². The monoisotopic (exact) mass is 382 g/mol. The second-order valence-corrected chi connectivity index (χ2v) is 7.14. The number of hydrogen-bond acceptors (Lipinski definition) is 4. The van der Waals surface area contributed by atoms with Crippen molar-refractivity contribution in [2.45, 2.75) is 39.7 Å². The zero-order chi connectivity index (χ0) is 20.1. The first-order chi connectivity index (χ1) is 13.4. The van der Waals surface area contributed by atoms with Gasteiger partial charge in [-0.3, -0.25) is 9.59 Å². The molecule has 0 aromatic heterocycles. The minimum atomic E-state index is -1.01. The van der Waals surface area contributed by atoms with Gasteiger partial charge in [0.05, 0.1) is 12.7 Å². The number of carbonyl (C=O) groups is 2. The van der Waals surface area contributed by atoms with Crippen LogP contribution in [0.2, 0.25) is 0 Å². The molecule has 1 saturated carbocycles. The van der Waals surface area contributed by atoms with Crippen molar-refractivity contribution in [3.05, 3.63) is 48.5 Å². The Hall–Kier alpha value is -3.02. The van der Waals surface area contributed by atoms with Gasteiger partial charge in [-0.05, 0) is 82.1 Å². The Labute approximate surface area is 165 Å². The molecule has 2 aromatic carbocycles. The third-order valence-electron chi connectivity index (χ3n) is 4.53. The largest absolute Gasteiger partial charge is 0.494 e. The van der Waals surface area contributed by atoms with Gasteiger partial charge in [-0.25, -0.2) is 0 Å². The zero-order valence-electron chi connectivity index (χ0n) is 16.5. The number of rotatable bonds is 8. The fourth-order valence-corrected chi connectivity index (χ4v) is 2.87. The van der Waals surface area contributed by atoms with Crippen LogP contribution in [0.25, 0.3) is 0 Å². The quantitative estimate of drug-likeness (QED) is 0.670. The molecular weight excluding hydrogens is 356 g/mol. The van der Waals surface area contributed by atoms with Crippen LogP contribution in [0, 0.1) is 5.41 Å². The Kier molecular flexibility index (Phi) is 5.87. The molecule has 0 bridgehead atoms. The van der Waals surface area contributed by atoms with E-state index in [1.165, 1.54) is 0 Å². The summed E-state index contributed by atoms with van der Waals surface area (Å²) in [6.07, 6.45) is 1.16. The highest BCUT2D eigenvalue weighted by molar-refractivity contribution is 6.16. The molecule has 2 N–H and O–H groups in total. The van der Waals surface area contributed by atoms with Crippen molar-refractivity contribution >= 4 is 23.2 Å². The van der Waals surface area contributed by atoms with Crippen LogP contribution in [0.1, 0.15) is 33.6 Å². The standard InChI is InChI=1S/C22H26N2O4/c1-4-27-18-9-5-16(6-10-18)23-20(25)22(13-14-22)21(26)24-17-7-11-19(12-8-17)28-15(2)3/h5-12,15H,4,13-14H2,1-3H3,(H,23,25)(H,24,26). The first-order valence-corrected chi connectivity index (χ1v) is 9.55. The lowest BCUT2D eigenvalue weighted by Gasteiger charge is -2.16. The SMILES string of the molecule is CCOc1ccc(NC(=O)C2(C(=O)Nc3ccc(OC(C)C)cc3)CC2)cc1. The molecule has 2 amide bonds. The van der Waals surface area contributed by atoms with E-state index in [0.717, 1.165) is 11.5 Å². The molecule has 0 saturated heterocycles. The number of ether oxygens (including phenoxy) is 2. The van der Waals surface area contributed by atoms with Gasteiger partial charge in [0.15, 0.2) is 0 Å². The van der Waals surface area contributed by atoms with Crippen LogP contribution < -0.4 is 20.1 Å². The number of anilines is 2. The van der Waals surface area contributed by atoms with E-state index in [1.54, 1.807) is 48.5 Å². The molecule has 148 valence electrons. The van der Waals surface area contributed by atoms with Crippen molar-refractivity contribution in [2.24, 2.45) is 5.41 Å². The fourth-order valence-electron chi connectivity index (χ4n) is 2.87. The van der Waals surface area contributed by atoms with Gasteiger partial charge in [0.1, 0.15) is 16.9 Å². The molecule has 0 heterocycles. The Morgan fingerprint density at radius 3 is 1.75 bits per heavy atom. The Bertz CT molecular complexity index is 825. The molecule has 0 atom stereocenters. The number of nitrogens with one attached hydrogen (secondary N) is 2. The minimum Gasteiger partial charge on any atom is -0.494 e. The normalized spacial score (nSPS) is 14.3. The smallest absolute Gasteiger partial charge is 0.240 e. The average Bonchev–Trinajstić information content (AvgIpc) is 3.47. The van der Waals surface area contributed by atoms with Crippen molar-refractivity contribution < 1.29 is 19.1 Å². The summed E-state index contributed by atoms with van der Waals surface area (Å²) in [5.41, 5.74) is 0.273. The number of carbonyl (C=O) groups excluding carboxylic acids is 2. The summed E-state index contributed by atoms with van der Waals surface area (Å²) in [6.45, 7) is 6.40. The molecule has 0 aliphatic heterocycles. The second kappa shape index (κ2) is 8.33. The van der Waals surface area contributed by atoms with Crippen molar-refractivity contribution in [1.29, 1.82) is 0 Å². The summed E-state index contributed by atoms with van der Waals surface area (Å²) < 4.78 is 11.0. The molecule has 1 fully saturated rings. The Morgan fingerprint density at radius 2 is 1.36 bits per heavy atom. The van der Waals surface area contributed by atoms with Crippen LogP contribution >= 0.6 is 0 Å². The first-order valence-electron chi connectivity index (χ1n) is 9.55. The molecule has 0 unspecified atom stereocenters. The maximum absolute atomic E-state index is 12.7. The Morgan fingerprint density at radius 1 is 0.893 bits per heavy atom. The van der Waals surface area contributed by atoms with Crippen molar-refractivity contribution in [3.63, 3.8) is 0 Å². The molecule has 6 heteroatoms. The van der Waals surface area contributed by atoms with Gasteiger partial charge in [0, 0.05) is 11.4 Å². The Balaban J connectivity index is 1.60. The lowest BCUT2D eigenvalue weighted by molar-refractivity contribution is -0.131. The highest BCUT2D eigenvalue weighted by Crippen LogP contribution is 2.47. The molecule has 1 aliphatic carbocycles. The van der Waals surface area contributed by atoms with Gasteiger partial charge in [-0.15, -0.1) is 0 Å². The lowest BCUT2D eigenvalue weighted by atomic mass is 10.0. The molecule has 0 radical (unpaired) electrons. The van der Waals surface area contributed by atoms with E-state index in [9.17, 15) is 9.59 Å². The summed E-state index contributed by atoms with van der Waals surface area (Å²) in [7, 11) is 0. The van der Waals surface area contributed by atoms with Gasteiger partial charge < -0.3 is 20.1 Å². The van der Waals surface area contributed by atoms with Crippen molar-refractivity contribution in [3.8, 4) is 11.5 Å². The van der Waals surface area contributed by atoms with Gasteiger partial charge >= 0.3 is 0 Å². The average molecular weight is 382 g/mol. The minimum absolute atomic E-state index is 0.0847. The highest BCUT2D eigenvalue weighted by Gasteiger charge is 2.56. The molecular formula is C22H26N2O4. The van der Waals surface area contributed by atoms with E-state index < -0.39 is 5.41 Å².